The van der Waals surface area contributed by atoms with Gasteiger partial charge in [-0.1, -0.05) is 23.8 Å². The molecule has 0 aliphatic heterocycles. The van der Waals surface area contributed by atoms with E-state index in [-0.39, 0.29) is 12.0 Å². The van der Waals surface area contributed by atoms with Crippen molar-refractivity contribution in [3.8, 4) is 5.69 Å². The molecule has 172 valence electrons. The minimum absolute atomic E-state index is 0.0940. The molecule has 1 fully saturated rings. The third-order valence-corrected chi connectivity index (χ3v) is 7.60. The number of Topliss-reactive ketones (excluding diaryl/α,β-unsaturated/α-hetero) is 1. The number of aromatic nitrogens is 6. The van der Waals surface area contributed by atoms with Crippen LogP contribution in [-0.2, 0) is 11.2 Å². The lowest BCUT2D eigenvalue weighted by atomic mass is 9.83. The number of nitrogens with zero attached hydrogens (tertiary/aromatic N) is 6. The quantitative estimate of drug-likeness (QED) is 0.387. The summed E-state index contributed by atoms with van der Waals surface area (Å²) in [4.78, 5) is 25.7. The number of carbonyl (C=O) groups excluding carboxylic acids is 1. The minimum atomic E-state index is 0.0940. The van der Waals surface area contributed by atoms with Gasteiger partial charge in [0.05, 0.1) is 15.9 Å². The number of hydrogen-bond acceptors (Lipinski definition) is 7. The van der Waals surface area contributed by atoms with Crippen LogP contribution in [0, 0.1) is 5.92 Å². The van der Waals surface area contributed by atoms with Gasteiger partial charge >= 0.3 is 0 Å². The van der Waals surface area contributed by atoms with Crippen LogP contribution in [0.25, 0.3) is 21.6 Å². The Morgan fingerprint density at radius 2 is 2.18 bits per heavy atom. The van der Waals surface area contributed by atoms with E-state index < -0.39 is 0 Å². The third kappa shape index (κ3) is 3.96. The second-order valence-corrected chi connectivity index (χ2v) is 9.98. The van der Waals surface area contributed by atoms with Crippen LogP contribution in [-0.4, -0.2) is 41.0 Å². The Kier molecular flexibility index (Phi) is 5.33. The van der Waals surface area contributed by atoms with Gasteiger partial charge in [0.25, 0.3) is 0 Å². The predicted octanol–water partition coefficient (Wildman–Crippen LogP) is 4.68. The molecular formula is C25H25N7OS. The number of nitrogens with one attached hydrogen (secondary N) is 1. The lowest BCUT2D eigenvalue weighted by Gasteiger charge is -2.26. The first-order valence-corrected chi connectivity index (χ1v) is 12.5. The van der Waals surface area contributed by atoms with E-state index in [9.17, 15) is 4.79 Å². The number of ketones is 1. The highest BCUT2D eigenvalue weighted by molar-refractivity contribution is 7.22. The van der Waals surface area contributed by atoms with Crippen molar-refractivity contribution in [3.63, 3.8) is 0 Å². The van der Waals surface area contributed by atoms with E-state index in [0.717, 1.165) is 58.1 Å². The Balaban J connectivity index is 1.21. The molecule has 4 aromatic heterocycles. The molecule has 8 nitrogen and oxygen atoms in total. The molecule has 0 unspecified atom stereocenters. The molecule has 1 aliphatic rings. The number of fused-ring (bicyclic) bond motifs is 2. The summed E-state index contributed by atoms with van der Waals surface area (Å²) in [6, 6.07) is 10.5. The van der Waals surface area contributed by atoms with Crippen LogP contribution >= 0.6 is 11.3 Å². The van der Waals surface area contributed by atoms with Gasteiger partial charge in [-0.25, -0.2) is 19.6 Å². The monoisotopic (exact) mass is 471 g/mol. The zero-order valence-corrected chi connectivity index (χ0v) is 19.7. The zero-order valence-electron chi connectivity index (χ0n) is 18.9. The van der Waals surface area contributed by atoms with Gasteiger partial charge in [0, 0.05) is 49.0 Å². The first-order valence-electron chi connectivity index (χ1n) is 11.6. The molecule has 0 saturated heterocycles. The summed E-state index contributed by atoms with van der Waals surface area (Å²) in [6.07, 6.45) is 11.8. The van der Waals surface area contributed by atoms with Crippen molar-refractivity contribution in [1.82, 2.24) is 29.1 Å². The summed E-state index contributed by atoms with van der Waals surface area (Å²) in [5, 5.41) is 8.57. The van der Waals surface area contributed by atoms with E-state index in [0.29, 0.717) is 12.2 Å². The number of thiazole rings is 1. The molecule has 6 rings (SSSR count). The molecule has 34 heavy (non-hydrogen) atoms. The van der Waals surface area contributed by atoms with Gasteiger partial charge in [-0.3, -0.25) is 4.79 Å². The van der Waals surface area contributed by atoms with Crippen molar-refractivity contribution in [3.05, 3.63) is 66.6 Å². The SMILES string of the molecule is C[C@@H](Nc1nc2ccc(Cc3cnc4cc(-n5cncn5)ccn34)cc2s1)[C@@H]1CCCCC1=O. The Hall–Kier alpha value is -3.59. The number of imidazole rings is 1. The average Bonchev–Trinajstić information content (AvgIpc) is 3.59. The molecule has 2 atom stereocenters. The zero-order chi connectivity index (χ0) is 23.1. The Bertz CT molecular complexity index is 1470. The molecule has 1 N–H and O–H groups in total. The topological polar surface area (TPSA) is 90.0 Å². The van der Waals surface area contributed by atoms with Crippen molar-refractivity contribution in [1.29, 1.82) is 0 Å². The molecule has 0 amide bonds. The highest BCUT2D eigenvalue weighted by Crippen LogP contribution is 2.31. The summed E-state index contributed by atoms with van der Waals surface area (Å²) in [5.41, 5.74) is 5.11. The van der Waals surface area contributed by atoms with Gasteiger partial charge < -0.3 is 9.72 Å². The summed E-state index contributed by atoms with van der Waals surface area (Å²) >= 11 is 1.65. The Morgan fingerprint density at radius 3 is 3.03 bits per heavy atom. The Morgan fingerprint density at radius 1 is 1.24 bits per heavy atom. The number of pyridine rings is 1. The second kappa shape index (κ2) is 8.64. The normalized spacial score (nSPS) is 17.4. The van der Waals surface area contributed by atoms with Gasteiger partial charge in [0.1, 0.15) is 24.1 Å². The maximum absolute atomic E-state index is 12.3. The van der Waals surface area contributed by atoms with E-state index >= 15 is 0 Å². The molecule has 5 aromatic rings. The highest BCUT2D eigenvalue weighted by Gasteiger charge is 2.28. The van der Waals surface area contributed by atoms with Crippen molar-refractivity contribution >= 4 is 38.1 Å². The van der Waals surface area contributed by atoms with Gasteiger partial charge in [-0.15, -0.1) is 0 Å². The van der Waals surface area contributed by atoms with Crippen LogP contribution in [0.1, 0.15) is 43.9 Å². The van der Waals surface area contributed by atoms with Gasteiger partial charge in [0.2, 0.25) is 0 Å². The molecular weight excluding hydrogens is 446 g/mol. The van der Waals surface area contributed by atoms with E-state index in [2.05, 4.69) is 49.9 Å². The van der Waals surface area contributed by atoms with Gasteiger partial charge in [-0.05, 0) is 43.5 Å². The molecule has 1 aromatic carbocycles. The molecule has 4 heterocycles. The van der Waals surface area contributed by atoms with Crippen LogP contribution in [0.15, 0.2) is 55.4 Å². The van der Waals surface area contributed by atoms with Crippen LogP contribution < -0.4 is 5.32 Å². The fraction of sp³-hybridized carbons (Fsp3) is 0.320. The van der Waals surface area contributed by atoms with Crippen LogP contribution in [0.5, 0.6) is 0 Å². The fourth-order valence-corrected chi connectivity index (χ4v) is 5.85. The van der Waals surface area contributed by atoms with Crippen molar-refractivity contribution in [2.45, 2.75) is 45.1 Å². The first-order chi connectivity index (χ1) is 16.6. The van der Waals surface area contributed by atoms with E-state index in [1.807, 2.05) is 24.5 Å². The van der Waals surface area contributed by atoms with E-state index in [4.69, 9.17) is 4.98 Å². The van der Waals surface area contributed by atoms with Crippen LogP contribution in [0.3, 0.4) is 0 Å². The number of rotatable bonds is 6. The van der Waals surface area contributed by atoms with Crippen LogP contribution in [0.2, 0.25) is 0 Å². The van der Waals surface area contributed by atoms with E-state index in [1.54, 1.807) is 22.3 Å². The molecule has 9 heteroatoms. The summed E-state index contributed by atoms with van der Waals surface area (Å²) in [6.45, 7) is 2.10. The molecule has 1 saturated carbocycles. The summed E-state index contributed by atoms with van der Waals surface area (Å²) < 4.78 is 4.97. The lowest BCUT2D eigenvalue weighted by molar-refractivity contribution is -0.124. The largest absolute Gasteiger partial charge is 0.358 e. The second-order valence-electron chi connectivity index (χ2n) is 8.95. The van der Waals surface area contributed by atoms with Crippen molar-refractivity contribution in [2.75, 3.05) is 5.32 Å². The standard InChI is InChI=1S/C25H25N7OS/c1-16(20-4-2-3-5-22(20)33)29-25-30-21-7-6-17(11-23(21)34-25)10-19-13-27-24-12-18(8-9-31(19)24)32-15-26-14-28-32/h6-9,11-16,20H,2-5,10H2,1H3,(H,29,30)/t16-,20+/m1/s1. The average molecular weight is 472 g/mol. The maximum atomic E-state index is 12.3. The van der Waals surface area contributed by atoms with Crippen LogP contribution in [0.4, 0.5) is 5.13 Å². The lowest BCUT2D eigenvalue weighted by Crippen LogP contribution is -2.34. The highest BCUT2D eigenvalue weighted by atomic mass is 32.1. The van der Waals surface area contributed by atoms with Crippen molar-refractivity contribution in [2.24, 2.45) is 5.92 Å². The molecule has 0 radical (unpaired) electrons. The Labute approximate surface area is 200 Å². The predicted molar refractivity (Wildman–Crippen MR) is 133 cm³/mol. The first kappa shape index (κ1) is 21.0. The molecule has 0 bridgehead atoms. The molecule has 0 spiro atoms. The maximum Gasteiger partial charge on any atom is 0.184 e. The number of benzene rings is 1. The fourth-order valence-electron chi connectivity index (χ4n) is 4.82. The number of hydrogen-bond donors (Lipinski definition) is 1. The van der Waals surface area contributed by atoms with Crippen molar-refractivity contribution < 1.29 is 4.79 Å². The van der Waals surface area contributed by atoms with Gasteiger partial charge in [-0.2, -0.15) is 5.10 Å². The number of anilines is 1. The van der Waals surface area contributed by atoms with E-state index in [1.165, 1.54) is 11.9 Å². The number of carbonyl (C=O) groups is 1. The third-order valence-electron chi connectivity index (χ3n) is 6.65. The minimum Gasteiger partial charge on any atom is -0.358 e. The summed E-state index contributed by atoms with van der Waals surface area (Å²) in [5.74, 6) is 0.479. The molecule has 1 aliphatic carbocycles. The smallest absolute Gasteiger partial charge is 0.184 e. The van der Waals surface area contributed by atoms with Gasteiger partial charge in [0.15, 0.2) is 5.13 Å². The summed E-state index contributed by atoms with van der Waals surface area (Å²) in [7, 11) is 0.